The van der Waals surface area contributed by atoms with E-state index in [0.717, 1.165) is 18.0 Å². The van der Waals surface area contributed by atoms with Gasteiger partial charge in [-0.1, -0.05) is 31.2 Å². The minimum atomic E-state index is 0.516. The van der Waals surface area contributed by atoms with Crippen molar-refractivity contribution in [1.29, 1.82) is 0 Å². The zero-order valence-electron chi connectivity index (χ0n) is 12.2. The van der Waals surface area contributed by atoms with Crippen molar-refractivity contribution in [2.45, 2.75) is 45.1 Å². The molecule has 2 nitrogen and oxygen atoms in total. The number of rotatable bonds is 4. The van der Waals surface area contributed by atoms with E-state index < -0.39 is 0 Å². The third-order valence-electron chi connectivity index (χ3n) is 4.23. The largest absolute Gasteiger partial charge is 0.310 e. The number of benzene rings is 1. The predicted molar refractivity (Wildman–Crippen MR) is 85.4 cm³/mol. The molecule has 106 valence electrons. The van der Waals surface area contributed by atoms with E-state index in [0.29, 0.717) is 12.0 Å². The summed E-state index contributed by atoms with van der Waals surface area (Å²) in [4.78, 5) is 4.53. The van der Waals surface area contributed by atoms with Gasteiger partial charge in [-0.25, -0.2) is 4.98 Å². The van der Waals surface area contributed by atoms with Gasteiger partial charge < -0.3 is 5.32 Å². The van der Waals surface area contributed by atoms with Crippen LogP contribution >= 0.6 is 11.3 Å². The molecule has 2 atom stereocenters. The highest BCUT2D eigenvalue weighted by molar-refractivity contribution is 7.09. The monoisotopic (exact) mass is 286 g/mol. The van der Waals surface area contributed by atoms with Crippen molar-refractivity contribution in [2.24, 2.45) is 0 Å². The molecule has 0 saturated carbocycles. The number of aromatic nitrogens is 1. The van der Waals surface area contributed by atoms with Crippen LogP contribution in [0, 0.1) is 6.92 Å². The van der Waals surface area contributed by atoms with Crippen LogP contribution in [0.5, 0.6) is 0 Å². The van der Waals surface area contributed by atoms with Crippen LogP contribution in [0.15, 0.2) is 29.6 Å². The van der Waals surface area contributed by atoms with Gasteiger partial charge in [0.2, 0.25) is 0 Å². The first-order chi connectivity index (χ1) is 9.74. The van der Waals surface area contributed by atoms with Crippen LogP contribution in [-0.2, 0) is 6.42 Å². The summed E-state index contributed by atoms with van der Waals surface area (Å²) in [5.41, 5.74) is 4.25. The van der Waals surface area contributed by atoms with E-state index in [1.165, 1.54) is 29.7 Å². The second-order valence-electron chi connectivity index (χ2n) is 5.72. The fourth-order valence-electron chi connectivity index (χ4n) is 3.11. The van der Waals surface area contributed by atoms with Gasteiger partial charge in [0.05, 0.1) is 10.7 Å². The van der Waals surface area contributed by atoms with E-state index in [1.807, 2.05) is 0 Å². The van der Waals surface area contributed by atoms with Gasteiger partial charge in [-0.2, -0.15) is 0 Å². The summed E-state index contributed by atoms with van der Waals surface area (Å²) >= 11 is 1.74. The van der Waals surface area contributed by atoms with Gasteiger partial charge >= 0.3 is 0 Å². The first-order valence-corrected chi connectivity index (χ1v) is 8.35. The lowest BCUT2D eigenvalue weighted by atomic mass is 9.81. The standard InChI is InChI=1S/C17H22N2S/c1-12-7-8-17(16-6-4-3-5-15(12)16)18-10-9-14-11-20-13(2)19-14/h3-6,11-12,17-18H,7-10H2,1-2H3. The Morgan fingerprint density at radius 2 is 2.05 bits per heavy atom. The fourth-order valence-corrected chi connectivity index (χ4v) is 3.76. The van der Waals surface area contributed by atoms with Gasteiger partial charge in [-0.3, -0.25) is 0 Å². The number of hydrogen-bond acceptors (Lipinski definition) is 3. The van der Waals surface area contributed by atoms with Crippen LogP contribution in [0.1, 0.15) is 53.6 Å². The molecule has 2 unspecified atom stereocenters. The molecule has 0 fully saturated rings. The van der Waals surface area contributed by atoms with Crippen molar-refractivity contribution < 1.29 is 0 Å². The highest BCUT2D eigenvalue weighted by atomic mass is 32.1. The number of aryl methyl sites for hydroxylation is 1. The number of nitrogens with one attached hydrogen (secondary N) is 1. The molecule has 0 spiro atoms. The molecule has 1 aromatic carbocycles. The molecule has 0 bridgehead atoms. The summed E-state index contributed by atoms with van der Waals surface area (Å²) in [6, 6.07) is 9.42. The number of fused-ring (bicyclic) bond motifs is 1. The lowest BCUT2D eigenvalue weighted by Crippen LogP contribution is -2.28. The average molecular weight is 286 g/mol. The molecule has 3 heteroatoms. The molecule has 1 heterocycles. The molecular formula is C17H22N2S. The molecule has 3 rings (SSSR count). The molecule has 1 aliphatic carbocycles. The molecule has 1 N–H and O–H groups in total. The normalized spacial score (nSPS) is 21.7. The van der Waals surface area contributed by atoms with E-state index in [-0.39, 0.29) is 0 Å². The molecule has 20 heavy (non-hydrogen) atoms. The van der Waals surface area contributed by atoms with Crippen molar-refractivity contribution in [2.75, 3.05) is 6.54 Å². The molecule has 0 aliphatic heterocycles. The number of nitrogens with zero attached hydrogens (tertiary/aromatic N) is 1. The molecule has 1 aromatic heterocycles. The molecule has 2 aromatic rings. The van der Waals surface area contributed by atoms with Crippen molar-refractivity contribution in [3.63, 3.8) is 0 Å². The Labute approximate surface area is 125 Å². The van der Waals surface area contributed by atoms with E-state index in [2.05, 4.69) is 53.8 Å². The summed E-state index contributed by atoms with van der Waals surface area (Å²) in [7, 11) is 0. The van der Waals surface area contributed by atoms with Crippen LogP contribution in [0.25, 0.3) is 0 Å². The maximum absolute atomic E-state index is 4.53. The van der Waals surface area contributed by atoms with E-state index in [4.69, 9.17) is 0 Å². The van der Waals surface area contributed by atoms with Crippen molar-refractivity contribution in [3.8, 4) is 0 Å². The Balaban J connectivity index is 1.62. The third-order valence-corrected chi connectivity index (χ3v) is 5.05. The first kappa shape index (κ1) is 13.8. The van der Waals surface area contributed by atoms with Crippen LogP contribution in [-0.4, -0.2) is 11.5 Å². The predicted octanol–water partition coefficient (Wildman–Crippen LogP) is 4.22. The molecule has 0 amide bonds. The number of thiazole rings is 1. The van der Waals surface area contributed by atoms with Gasteiger partial charge in [0, 0.05) is 24.4 Å². The SMILES string of the molecule is Cc1nc(CCNC2CCC(C)c3ccccc32)cs1. The van der Waals surface area contributed by atoms with Crippen LogP contribution in [0.2, 0.25) is 0 Å². The summed E-state index contributed by atoms with van der Waals surface area (Å²) in [5, 5.41) is 7.06. The summed E-state index contributed by atoms with van der Waals surface area (Å²) < 4.78 is 0. The maximum atomic E-state index is 4.53. The Hall–Kier alpha value is -1.19. The Morgan fingerprint density at radius 3 is 2.80 bits per heavy atom. The maximum Gasteiger partial charge on any atom is 0.0897 e. The van der Waals surface area contributed by atoms with E-state index in [9.17, 15) is 0 Å². The Kier molecular flexibility index (Phi) is 4.18. The van der Waals surface area contributed by atoms with Crippen molar-refractivity contribution in [1.82, 2.24) is 10.3 Å². The van der Waals surface area contributed by atoms with Gasteiger partial charge in [0.15, 0.2) is 0 Å². The van der Waals surface area contributed by atoms with Crippen LogP contribution in [0.4, 0.5) is 0 Å². The Bertz CT molecular complexity index is 576. The zero-order valence-corrected chi connectivity index (χ0v) is 13.0. The molecule has 1 aliphatic rings. The third kappa shape index (κ3) is 2.94. The molecule has 0 radical (unpaired) electrons. The number of hydrogen-bond donors (Lipinski definition) is 1. The quantitative estimate of drug-likeness (QED) is 0.910. The van der Waals surface area contributed by atoms with Gasteiger partial charge in [-0.15, -0.1) is 11.3 Å². The fraction of sp³-hybridized carbons (Fsp3) is 0.471. The van der Waals surface area contributed by atoms with E-state index in [1.54, 1.807) is 11.3 Å². The lowest BCUT2D eigenvalue weighted by molar-refractivity contribution is 0.434. The second-order valence-corrected chi connectivity index (χ2v) is 6.78. The summed E-state index contributed by atoms with van der Waals surface area (Å²) in [6.07, 6.45) is 3.55. The van der Waals surface area contributed by atoms with Crippen molar-refractivity contribution in [3.05, 3.63) is 51.5 Å². The van der Waals surface area contributed by atoms with Crippen molar-refractivity contribution >= 4 is 11.3 Å². The highest BCUT2D eigenvalue weighted by Crippen LogP contribution is 2.36. The van der Waals surface area contributed by atoms with Crippen LogP contribution in [0.3, 0.4) is 0 Å². The second kappa shape index (κ2) is 6.06. The smallest absolute Gasteiger partial charge is 0.0897 e. The summed E-state index contributed by atoms with van der Waals surface area (Å²) in [6.45, 7) is 5.42. The van der Waals surface area contributed by atoms with E-state index >= 15 is 0 Å². The first-order valence-electron chi connectivity index (χ1n) is 7.47. The highest BCUT2D eigenvalue weighted by Gasteiger charge is 2.23. The van der Waals surface area contributed by atoms with Gasteiger partial charge in [0.25, 0.3) is 0 Å². The minimum absolute atomic E-state index is 0.516. The average Bonchev–Trinajstić information content (AvgIpc) is 2.87. The zero-order chi connectivity index (χ0) is 13.9. The Morgan fingerprint density at radius 1 is 1.25 bits per heavy atom. The molecule has 0 saturated heterocycles. The summed E-state index contributed by atoms with van der Waals surface area (Å²) in [5.74, 6) is 0.699. The molecular weight excluding hydrogens is 264 g/mol. The lowest BCUT2D eigenvalue weighted by Gasteiger charge is -2.30. The topological polar surface area (TPSA) is 24.9 Å². The minimum Gasteiger partial charge on any atom is -0.310 e. The van der Waals surface area contributed by atoms with Crippen LogP contribution < -0.4 is 5.32 Å². The van der Waals surface area contributed by atoms with Gasteiger partial charge in [0.1, 0.15) is 0 Å². The van der Waals surface area contributed by atoms with Gasteiger partial charge in [-0.05, 0) is 36.8 Å².